The van der Waals surface area contributed by atoms with Crippen LogP contribution in [0.15, 0.2) is 41.7 Å². The second-order valence-corrected chi connectivity index (χ2v) is 6.40. The van der Waals surface area contributed by atoms with E-state index in [1.54, 1.807) is 34.6 Å². The van der Waals surface area contributed by atoms with Gasteiger partial charge in [0.1, 0.15) is 23.0 Å². The molecule has 1 aromatic carbocycles. The number of carbonyl (C=O) groups excluding carboxylic acids is 2. The van der Waals surface area contributed by atoms with Crippen molar-refractivity contribution in [3.8, 4) is 0 Å². The summed E-state index contributed by atoms with van der Waals surface area (Å²) in [4.78, 5) is 30.4. The second-order valence-electron chi connectivity index (χ2n) is 6.40. The highest BCUT2D eigenvalue weighted by Crippen LogP contribution is 2.39. The Balaban J connectivity index is 2.40. The number of allylic oxidation sites excluding steroid dienone is 1. The third-order valence-electron chi connectivity index (χ3n) is 3.31. The van der Waals surface area contributed by atoms with Crippen molar-refractivity contribution in [2.24, 2.45) is 0 Å². The van der Waals surface area contributed by atoms with Crippen molar-refractivity contribution in [1.82, 2.24) is 5.06 Å². The van der Waals surface area contributed by atoms with Crippen molar-refractivity contribution >= 4 is 12.1 Å². The smallest absolute Gasteiger partial charge is 0.444 e. The topological polar surface area (TPSA) is 65.1 Å². The van der Waals surface area contributed by atoms with Crippen LogP contribution >= 0.6 is 0 Å². The Kier molecular flexibility index (Phi) is 5.17. The van der Waals surface area contributed by atoms with Gasteiger partial charge >= 0.3 is 12.1 Å². The summed E-state index contributed by atoms with van der Waals surface area (Å²) in [6.45, 7) is 8.91. The largest absolute Gasteiger partial charge is 0.462 e. The number of hydroxylamine groups is 2. The molecule has 0 aliphatic carbocycles. The van der Waals surface area contributed by atoms with Gasteiger partial charge < -0.3 is 14.3 Å². The first-order valence-electron chi connectivity index (χ1n) is 7.87. The molecular formula is C18H23NO5. The van der Waals surface area contributed by atoms with Gasteiger partial charge in [-0.3, -0.25) is 0 Å². The second kappa shape index (κ2) is 6.95. The van der Waals surface area contributed by atoms with Crippen molar-refractivity contribution in [2.75, 3.05) is 6.61 Å². The van der Waals surface area contributed by atoms with Crippen molar-refractivity contribution in [3.05, 3.63) is 47.2 Å². The fourth-order valence-corrected chi connectivity index (χ4v) is 2.41. The lowest BCUT2D eigenvalue weighted by Gasteiger charge is -2.28. The molecule has 0 radical (unpaired) electrons. The number of rotatable bonds is 3. The van der Waals surface area contributed by atoms with E-state index >= 15 is 0 Å². The average molecular weight is 333 g/mol. The summed E-state index contributed by atoms with van der Waals surface area (Å²) in [5.41, 5.74) is 0.361. The summed E-state index contributed by atoms with van der Waals surface area (Å²) in [6.07, 6.45) is -0.657. The molecule has 0 aromatic heterocycles. The number of ether oxygens (including phenoxy) is 2. The summed E-state index contributed by atoms with van der Waals surface area (Å²) in [6, 6.07) is 8.46. The maximum atomic E-state index is 12.5. The van der Waals surface area contributed by atoms with E-state index < -0.39 is 23.7 Å². The SMILES string of the molecule is CCOC(=O)C1=C(C)ON(C(=O)OC(C)(C)C)C1c1ccccc1. The lowest BCUT2D eigenvalue weighted by atomic mass is 9.98. The molecule has 6 heteroatoms. The molecule has 0 saturated carbocycles. The highest BCUT2D eigenvalue weighted by Gasteiger charge is 2.44. The Labute approximate surface area is 141 Å². The summed E-state index contributed by atoms with van der Waals surface area (Å²) >= 11 is 0. The molecule has 24 heavy (non-hydrogen) atoms. The van der Waals surface area contributed by atoms with Crippen molar-refractivity contribution in [3.63, 3.8) is 0 Å². The molecular weight excluding hydrogens is 310 g/mol. The van der Waals surface area contributed by atoms with Crippen molar-refractivity contribution in [2.45, 2.75) is 46.3 Å². The molecule has 0 N–H and O–H groups in total. The molecule has 1 aliphatic rings. The van der Waals surface area contributed by atoms with Crippen LogP contribution < -0.4 is 0 Å². The van der Waals surface area contributed by atoms with Gasteiger partial charge in [0.05, 0.1) is 6.61 Å². The Hall–Kier alpha value is -2.50. The molecule has 1 heterocycles. The van der Waals surface area contributed by atoms with E-state index in [0.717, 1.165) is 10.6 Å². The maximum Gasteiger partial charge on any atom is 0.444 e. The number of hydrogen-bond acceptors (Lipinski definition) is 5. The highest BCUT2D eigenvalue weighted by atomic mass is 16.7. The zero-order chi connectivity index (χ0) is 17.9. The zero-order valence-corrected chi connectivity index (χ0v) is 14.7. The van der Waals surface area contributed by atoms with Gasteiger partial charge in [-0.1, -0.05) is 30.3 Å². The van der Waals surface area contributed by atoms with Crippen LogP contribution in [-0.4, -0.2) is 29.3 Å². The molecule has 1 aliphatic heterocycles. The van der Waals surface area contributed by atoms with Gasteiger partial charge in [0.15, 0.2) is 0 Å². The number of nitrogens with zero attached hydrogens (tertiary/aromatic N) is 1. The van der Waals surface area contributed by atoms with Crippen LogP contribution in [0.5, 0.6) is 0 Å². The van der Waals surface area contributed by atoms with Gasteiger partial charge in [0, 0.05) is 0 Å². The standard InChI is InChI=1S/C18H23NO5/c1-6-22-16(20)14-12(2)24-19(17(21)23-18(3,4)5)15(14)13-10-8-7-9-11-13/h7-11,15H,6H2,1-5H3. The molecule has 1 atom stereocenters. The molecule has 0 bridgehead atoms. The summed E-state index contributed by atoms with van der Waals surface area (Å²) in [5, 5.41) is 1.09. The number of benzene rings is 1. The minimum atomic E-state index is -0.708. The number of hydrogen-bond donors (Lipinski definition) is 0. The van der Waals surface area contributed by atoms with Crippen LogP contribution in [0.4, 0.5) is 4.79 Å². The monoisotopic (exact) mass is 333 g/mol. The van der Waals surface area contributed by atoms with E-state index in [9.17, 15) is 9.59 Å². The molecule has 6 nitrogen and oxygen atoms in total. The van der Waals surface area contributed by atoms with Gasteiger partial charge in [-0.15, -0.1) is 5.06 Å². The third-order valence-corrected chi connectivity index (χ3v) is 3.31. The molecule has 1 amide bonds. The Morgan fingerprint density at radius 1 is 1.21 bits per heavy atom. The molecule has 1 aromatic rings. The molecule has 1 unspecified atom stereocenters. The van der Waals surface area contributed by atoms with Crippen LogP contribution in [0.3, 0.4) is 0 Å². The quantitative estimate of drug-likeness (QED) is 0.788. The minimum absolute atomic E-state index is 0.240. The summed E-state index contributed by atoms with van der Waals surface area (Å²) in [7, 11) is 0. The summed E-state index contributed by atoms with van der Waals surface area (Å²) < 4.78 is 10.5. The Morgan fingerprint density at radius 3 is 2.38 bits per heavy atom. The van der Waals surface area contributed by atoms with Crippen LogP contribution in [0.25, 0.3) is 0 Å². The van der Waals surface area contributed by atoms with Crippen molar-refractivity contribution < 1.29 is 23.9 Å². The van der Waals surface area contributed by atoms with Gasteiger partial charge in [-0.05, 0) is 40.2 Å². The fourth-order valence-electron chi connectivity index (χ4n) is 2.41. The van der Waals surface area contributed by atoms with E-state index in [1.165, 1.54) is 0 Å². The first kappa shape index (κ1) is 17.8. The normalized spacial score (nSPS) is 17.5. The average Bonchev–Trinajstić information content (AvgIpc) is 2.84. The number of amides is 1. The lowest BCUT2D eigenvalue weighted by Crippen LogP contribution is -2.37. The van der Waals surface area contributed by atoms with Crippen LogP contribution in [0, 0.1) is 0 Å². The maximum absolute atomic E-state index is 12.5. The summed E-state index contributed by atoms with van der Waals surface area (Å²) in [5.74, 6) is -0.178. The number of carbonyl (C=O) groups is 2. The fraction of sp³-hybridized carbons (Fsp3) is 0.444. The number of esters is 1. The van der Waals surface area contributed by atoms with Crippen molar-refractivity contribution in [1.29, 1.82) is 0 Å². The van der Waals surface area contributed by atoms with Crippen LogP contribution in [0.2, 0.25) is 0 Å². The zero-order valence-electron chi connectivity index (χ0n) is 14.7. The van der Waals surface area contributed by atoms with E-state index in [2.05, 4.69) is 0 Å². The lowest BCUT2D eigenvalue weighted by molar-refractivity contribution is -0.139. The molecule has 0 fully saturated rings. The van der Waals surface area contributed by atoms with Gasteiger partial charge in [-0.2, -0.15) is 0 Å². The molecule has 0 spiro atoms. The van der Waals surface area contributed by atoms with Crippen LogP contribution in [0.1, 0.15) is 46.2 Å². The van der Waals surface area contributed by atoms with E-state index in [1.807, 2.05) is 30.3 Å². The predicted octanol–water partition coefficient (Wildman–Crippen LogP) is 3.75. The molecule has 0 saturated heterocycles. The van der Waals surface area contributed by atoms with Gasteiger partial charge in [0.25, 0.3) is 0 Å². The van der Waals surface area contributed by atoms with Gasteiger partial charge in [-0.25, -0.2) is 9.59 Å². The van der Waals surface area contributed by atoms with E-state index in [-0.39, 0.29) is 6.61 Å². The molecule has 2 rings (SSSR count). The third kappa shape index (κ3) is 3.88. The van der Waals surface area contributed by atoms with E-state index in [4.69, 9.17) is 14.3 Å². The van der Waals surface area contributed by atoms with Crippen LogP contribution in [-0.2, 0) is 19.1 Å². The van der Waals surface area contributed by atoms with E-state index in [0.29, 0.717) is 11.3 Å². The molecule has 130 valence electrons. The Bertz CT molecular complexity index is 645. The first-order valence-corrected chi connectivity index (χ1v) is 7.87. The first-order chi connectivity index (χ1) is 11.2. The highest BCUT2D eigenvalue weighted by molar-refractivity contribution is 5.92. The minimum Gasteiger partial charge on any atom is -0.462 e. The van der Waals surface area contributed by atoms with Gasteiger partial charge in [0.2, 0.25) is 0 Å². The Morgan fingerprint density at radius 2 is 1.83 bits per heavy atom. The predicted molar refractivity (Wildman–Crippen MR) is 87.7 cm³/mol.